The largest absolute Gasteiger partial charge is 0.278 e. The summed E-state index contributed by atoms with van der Waals surface area (Å²) in [6.45, 7) is 2.13. The van der Waals surface area contributed by atoms with Crippen molar-refractivity contribution in [3.05, 3.63) is 12.2 Å². The van der Waals surface area contributed by atoms with E-state index >= 15 is 0 Å². The first-order valence-electron chi connectivity index (χ1n) is 4.27. The van der Waals surface area contributed by atoms with Gasteiger partial charge in [0.05, 0.1) is 6.08 Å². The molecule has 0 fully saturated rings. The number of hydrogen-bond acceptors (Lipinski definition) is 0. The van der Waals surface area contributed by atoms with Crippen molar-refractivity contribution in [2.24, 2.45) is 0 Å². The topological polar surface area (TPSA) is 0 Å². The lowest BCUT2D eigenvalue weighted by Gasteiger charge is -1.91. The van der Waals surface area contributed by atoms with Gasteiger partial charge in [0, 0.05) is 6.42 Å². The third kappa shape index (κ3) is 9.16. The fourth-order valence-corrected chi connectivity index (χ4v) is 0.818. The molecule has 68 valence electrons. The van der Waals surface area contributed by atoms with E-state index in [-0.39, 0.29) is 0 Å². The van der Waals surface area contributed by atoms with Crippen LogP contribution in [0.15, 0.2) is 12.2 Å². The number of hydrogen-bond donors (Lipinski definition) is 0. The zero-order chi connectivity index (χ0) is 9.23. The molecule has 0 saturated heterocycles. The summed E-state index contributed by atoms with van der Waals surface area (Å²) in [6, 6.07) is 0. The SMILES string of the molecule is CCCCCCC#CC=C(F)F. The Morgan fingerprint density at radius 2 is 2.00 bits per heavy atom. The zero-order valence-electron chi connectivity index (χ0n) is 7.37. The molecule has 0 heterocycles. The second-order valence-corrected chi connectivity index (χ2v) is 2.57. The van der Waals surface area contributed by atoms with Gasteiger partial charge in [-0.25, -0.2) is 0 Å². The molecule has 0 rings (SSSR count). The third-order valence-electron chi connectivity index (χ3n) is 1.44. The van der Waals surface area contributed by atoms with Gasteiger partial charge < -0.3 is 0 Å². The maximum atomic E-state index is 11.4. The van der Waals surface area contributed by atoms with E-state index in [2.05, 4.69) is 18.8 Å². The first kappa shape index (κ1) is 11.2. The molecule has 0 radical (unpaired) electrons. The second-order valence-electron chi connectivity index (χ2n) is 2.57. The highest BCUT2D eigenvalue weighted by Gasteiger charge is 1.84. The van der Waals surface area contributed by atoms with E-state index < -0.39 is 6.08 Å². The molecule has 0 aliphatic heterocycles. The van der Waals surface area contributed by atoms with Crippen molar-refractivity contribution in [3.8, 4) is 11.8 Å². The van der Waals surface area contributed by atoms with Gasteiger partial charge in [-0.05, 0) is 6.42 Å². The monoisotopic (exact) mass is 172 g/mol. The van der Waals surface area contributed by atoms with Crippen molar-refractivity contribution in [2.75, 3.05) is 0 Å². The van der Waals surface area contributed by atoms with Crippen molar-refractivity contribution in [1.82, 2.24) is 0 Å². The Labute approximate surface area is 72.7 Å². The second kappa shape index (κ2) is 8.26. The van der Waals surface area contributed by atoms with E-state index in [0.29, 0.717) is 6.08 Å². The summed E-state index contributed by atoms with van der Waals surface area (Å²) in [4.78, 5) is 0. The van der Waals surface area contributed by atoms with Gasteiger partial charge in [0.1, 0.15) is 0 Å². The number of unbranched alkanes of at least 4 members (excludes halogenated alkanes) is 4. The van der Waals surface area contributed by atoms with Crippen molar-refractivity contribution in [1.29, 1.82) is 0 Å². The Morgan fingerprint density at radius 1 is 1.25 bits per heavy atom. The summed E-state index contributed by atoms with van der Waals surface area (Å²) >= 11 is 0. The summed E-state index contributed by atoms with van der Waals surface area (Å²) in [5.41, 5.74) is 0. The fraction of sp³-hybridized carbons (Fsp3) is 0.600. The van der Waals surface area contributed by atoms with E-state index in [1.54, 1.807) is 0 Å². The van der Waals surface area contributed by atoms with Gasteiger partial charge in [-0.2, -0.15) is 8.78 Å². The van der Waals surface area contributed by atoms with Gasteiger partial charge in [0.15, 0.2) is 0 Å². The molecule has 0 aromatic rings. The zero-order valence-corrected chi connectivity index (χ0v) is 7.37. The molecule has 0 nitrogen and oxygen atoms in total. The molecule has 2 heteroatoms. The highest BCUT2D eigenvalue weighted by molar-refractivity contribution is 5.15. The van der Waals surface area contributed by atoms with Crippen LogP contribution >= 0.6 is 0 Å². The lowest BCUT2D eigenvalue weighted by Crippen LogP contribution is -1.73. The third-order valence-corrected chi connectivity index (χ3v) is 1.44. The van der Waals surface area contributed by atoms with Crippen LogP contribution in [0.3, 0.4) is 0 Å². The summed E-state index contributed by atoms with van der Waals surface area (Å²) in [5, 5.41) is 0. The van der Waals surface area contributed by atoms with E-state index in [9.17, 15) is 8.78 Å². The first-order chi connectivity index (χ1) is 5.77. The van der Waals surface area contributed by atoms with Gasteiger partial charge in [0.25, 0.3) is 6.08 Å². The molecule has 0 spiro atoms. The molecule has 0 aliphatic rings. The molecule has 0 aliphatic carbocycles. The summed E-state index contributed by atoms with van der Waals surface area (Å²) in [6.07, 6.45) is 4.22. The van der Waals surface area contributed by atoms with Crippen LogP contribution in [0.25, 0.3) is 0 Å². The van der Waals surface area contributed by atoms with Crippen molar-refractivity contribution >= 4 is 0 Å². The standard InChI is InChI=1S/C10H14F2/c1-2-3-4-5-6-7-8-9-10(11)12/h9H,2-6H2,1H3. The molecule has 0 amide bonds. The molecule has 0 aromatic carbocycles. The Kier molecular flexibility index (Phi) is 7.68. The van der Waals surface area contributed by atoms with E-state index in [1.807, 2.05) is 0 Å². The fourth-order valence-electron chi connectivity index (χ4n) is 0.818. The molecule has 0 aromatic heterocycles. The minimum absolute atomic E-state index is 0.653. The lowest BCUT2D eigenvalue weighted by atomic mass is 10.2. The molecule has 12 heavy (non-hydrogen) atoms. The Morgan fingerprint density at radius 3 is 2.58 bits per heavy atom. The van der Waals surface area contributed by atoms with Crippen LogP contribution in [0.2, 0.25) is 0 Å². The van der Waals surface area contributed by atoms with E-state index in [1.165, 1.54) is 12.8 Å². The van der Waals surface area contributed by atoms with Gasteiger partial charge in [-0.3, -0.25) is 0 Å². The minimum Gasteiger partial charge on any atom is -0.173 e. The van der Waals surface area contributed by atoms with Crippen LogP contribution in [0.4, 0.5) is 8.78 Å². The average molecular weight is 172 g/mol. The summed E-state index contributed by atoms with van der Waals surface area (Å²) in [5.74, 6) is 4.97. The van der Waals surface area contributed by atoms with Gasteiger partial charge in [-0.1, -0.05) is 38.0 Å². The maximum absolute atomic E-state index is 11.4. The van der Waals surface area contributed by atoms with E-state index in [0.717, 1.165) is 19.3 Å². The highest BCUT2D eigenvalue weighted by Crippen LogP contribution is 2.01. The molecular weight excluding hydrogens is 158 g/mol. The summed E-state index contributed by atoms with van der Waals surface area (Å²) in [7, 11) is 0. The summed E-state index contributed by atoms with van der Waals surface area (Å²) < 4.78 is 22.8. The minimum atomic E-state index is -1.71. The Bertz CT molecular complexity index is 180. The van der Waals surface area contributed by atoms with Crippen LogP contribution in [0.1, 0.15) is 39.0 Å². The molecule has 0 saturated carbocycles. The predicted molar refractivity (Wildman–Crippen MR) is 46.8 cm³/mol. The van der Waals surface area contributed by atoms with Crippen LogP contribution in [-0.4, -0.2) is 0 Å². The number of rotatable bonds is 4. The Balaban J connectivity index is 3.28. The van der Waals surface area contributed by atoms with Gasteiger partial charge in [-0.15, -0.1) is 0 Å². The van der Waals surface area contributed by atoms with Crippen molar-refractivity contribution in [3.63, 3.8) is 0 Å². The molecule has 0 bridgehead atoms. The molecule has 0 atom stereocenters. The average Bonchev–Trinajstić information content (AvgIpc) is 2.02. The van der Waals surface area contributed by atoms with Crippen molar-refractivity contribution < 1.29 is 8.78 Å². The van der Waals surface area contributed by atoms with Crippen LogP contribution < -0.4 is 0 Å². The number of halogens is 2. The number of allylic oxidation sites excluding steroid dienone is 1. The molecular formula is C10H14F2. The van der Waals surface area contributed by atoms with Gasteiger partial charge in [0.2, 0.25) is 0 Å². The smallest absolute Gasteiger partial charge is 0.173 e. The van der Waals surface area contributed by atoms with Crippen molar-refractivity contribution in [2.45, 2.75) is 39.0 Å². The first-order valence-corrected chi connectivity index (χ1v) is 4.27. The molecule has 0 N–H and O–H groups in total. The lowest BCUT2D eigenvalue weighted by molar-refractivity contribution is 0.422. The quantitative estimate of drug-likeness (QED) is 0.447. The van der Waals surface area contributed by atoms with E-state index in [4.69, 9.17) is 0 Å². The molecule has 0 unspecified atom stereocenters. The van der Waals surface area contributed by atoms with Gasteiger partial charge >= 0.3 is 0 Å². The van der Waals surface area contributed by atoms with Crippen LogP contribution in [0, 0.1) is 11.8 Å². The maximum Gasteiger partial charge on any atom is 0.278 e. The van der Waals surface area contributed by atoms with Crippen LogP contribution in [-0.2, 0) is 0 Å². The predicted octanol–water partition coefficient (Wildman–Crippen LogP) is 3.74. The normalized spacial score (nSPS) is 8.58. The highest BCUT2D eigenvalue weighted by atomic mass is 19.3. The Hall–Kier alpha value is -0.840. The van der Waals surface area contributed by atoms with Crippen LogP contribution in [0.5, 0.6) is 0 Å².